The molecule has 1 heterocycles. The van der Waals surface area contributed by atoms with Crippen molar-refractivity contribution in [1.29, 1.82) is 0 Å². The molecule has 1 atom stereocenters. The maximum atomic E-state index is 14.3. The molecule has 132 valence electrons. The van der Waals surface area contributed by atoms with Gasteiger partial charge in [-0.05, 0) is 49.1 Å². The third-order valence-corrected chi connectivity index (χ3v) is 4.51. The lowest BCUT2D eigenvalue weighted by Gasteiger charge is -2.36. The fourth-order valence-electron chi connectivity index (χ4n) is 3.25. The Morgan fingerprint density at radius 2 is 1.80 bits per heavy atom. The Morgan fingerprint density at radius 3 is 2.48 bits per heavy atom. The molecule has 0 N–H and O–H groups in total. The van der Waals surface area contributed by atoms with Gasteiger partial charge in [0.25, 0.3) is 5.91 Å². The molecule has 3 nitrogen and oxygen atoms in total. The maximum absolute atomic E-state index is 14.3. The Balaban J connectivity index is 2.00. The number of likely N-dealkylation sites (tertiary alicyclic amines) is 1. The van der Waals surface area contributed by atoms with Crippen LogP contribution in [-0.4, -0.2) is 24.5 Å². The number of piperidine rings is 1. The summed E-state index contributed by atoms with van der Waals surface area (Å²) in [6, 6.07) is 7.75. The number of ether oxygens (including phenoxy) is 1. The van der Waals surface area contributed by atoms with Gasteiger partial charge in [-0.25, -0.2) is 13.2 Å². The standard InChI is InChI=1S/C19H18F3NO2/c1-25-16-10-9-14(21)18(22)17(16)19(24)23-11-3-2-4-15(23)12-5-7-13(20)8-6-12/h5-10,15H,2-4,11H2,1H3/t15-/m0/s1. The molecule has 1 amide bonds. The van der Waals surface area contributed by atoms with Crippen LogP contribution in [0.1, 0.15) is 41.2 Å². The lowest BCUT2D eigenvalue weighted by Crippen LogP contribution is -2.39. The van der Waals surface area contributed by atoms with Crippen molar-refractivity contribution in [3.63, 3.8) is 0 Å². The van der Waals surface area contributed by atoms with E-state index in [1.165, 1.54) is 30.2 Å². The number of hydrogen-bond acceptors (Lipinski definition) is 2. The molecule has 6 heteroatoms. The summed E-state index contributed by atoms with van der Waals surface area (Å²) in [4.78, 5) is 14.5. The molecule has 1 fully saturated rings. The number of benzene rings is 2. The van der Waals surface area contributed by atoms with Gasteiger partial charge in [0.2, 0.25) is 0 Å². The molecule has 0 aromatic heterocycles. The lowest BCUT2D eigenvalue weighted by atomic mass is 9.94. The van der Waals surface area contributed by atoms with Gasteiger partial charge in [0.1, 0.15) is 17.1 Å². The molecule has 0 radical (unpaired) electrons. The highest BCUT2D eigenvalue weighted by Crippen LogP contribution is 2.34. The number of carbonyl (C=O) groups is 1. The minimum atomic E-state index is -1.22. The molecular weight excluding hydrogens is 331 g/mol. The number of carbonyl (C=O) groups excluding carboxylic acids is 1. The van der Waals surface area contributed by atoms with Crippen molar-refractivity contribution in [3.8, 4) is 5.75 Å². The van der Waals surface area contributed by atoms with Crippen molar-refractivity contribution in [3.05, 3.63) is 65.0 Å². The Kier molecular flexibility index (Phi) is 4.97. The highest BCUT2D eigenvalue weighted by molar-refractivity contribution is 5.97. The van der Waals surface area contributed by atoms with E-state index in [0.717, 1.165) is 24.5 Å². The summed E-state index contributed by atoms with van der Waals surface area (Å²) in [7, 11) is 1.30. The van der Waals surface area contributed by atoms with Crippen LogP contribution in [-0.2, 0) is 0 Å². The summed E-state index contributed by atoms with van der Waals surface area (Å²) >= 11 is 0. The molecule has 0 unspecified atom stereocenters. The van der Waals surface area contributed by atoms with Gasteiger partial charge in [0.15, 0.2) is 11.6 Å². The summed E-state index contributed by atoms with van der Waals surface area (Å²) in [6.45, 7) is 0.417. The molecule has 1 aliphatic heterocycles. The van der Waals surface area contributed by atoms with Gasteiger partial charge in [-0.1, -0.05) is 12.1 Å². The first-order chi connectivity index (χ1) is 12.0. The predicted molar refractivity (Wildman–Crippen MR) is 86.9 cm³/mol. The van der Waals surface area contributed by atoms with Crippen molar-refractivity contribution >= 4 is 5.91 Å². The van der Waals surface area contributed by atoms with Crippen LogP contribution in [0.4, 0.5) is 13.2 Å². The number of halogens is 3. The topological polar surface area (TPSA) is 29.5 Å². The van der Waals surface area contributed by atoms with E-state index in [0.29, 0.717) is 13.0 Å². The summed E-state index contributed by atoms with van der Waals surface area (Å²) in [5.41, 5.74) is 0.363. The van der Waals surface area contributed by atoms with E-state index in [1.54, 1.807) is 12.1 Å². The fourth-order valence-corrected chi connectivity index (χ4v) is 3.25. The Morgan fingerprint density at radius 1 is 1.08 bits per heavy atom. The number of nitrogens with zero attached hydrogens (tertiary/aromatic N) is 1. The van der Waals surface area contributed by atoms with Crippen LogP contribution in [0, 0.1) is 17.5 Å². The predicted octanol–water partition coefficient (Wildman–Crippen LogP) is 4.48. The van der Waals surface area contributed by atoms with Gasteiger partial charge in [-0.3, -0.25) is 4.79 Å². The fraction of sp³-hybridized carbons (Fsp3) is 0.316. The summed E-state index contributed by atoms with van der Waals surface area (Å²) in [5.74, 6) is -3.31. The van der Waals surface area contributed by atoms with E-state index in [4.69, 9.17) is 4.74 Å². The Hall–Kier alpha value is -2.50. The van der Waals surface area contributed by atoms with Gasteiger partial charge in [0, 0.05) is 6.54 Å². The lowest BCUT2D eigenvalue weighted by molar-refractivity contribution is 0.0602. The van der Waals surface area contributed by atoms with Crippen molar-refractivity contribution < 1.29 is 22.7 Å². The van der Waals surface area contributed by atoms with E-state index in [9.17, 15) is 18.0 Å². The first-order valence-corrected chi connectivity index (χ1v) is 8.11. The SMILES string of the molecule is COc1ccc(F)c(F)c1C(=O)N1CCCC[C@H]1c1ccc(F)cc1. The molecule has 0 bridgehead atoms. The second-order valence-electron chi connectivity index (χ2n) is 6.00. The number of amides is 1. The smallest absolute Gasteiger partial charge is 0.261 e. The van der Waals surface area contributed by atoms with E-state index in [1.807, 2.05) is 0 Å². The average Bonchev–Trinajstić information content (AvgIpc) is 2.64. The Bertz CT molecular complexity index is 777. The van der Waals surface area contributed by atoms with Gasteiger partial charge in [0.05, 0.1) is 13.2 Å². The molecule has 0 saturated carbocycles. The molecule has 2 aromatic rings. The van der Waals surface area contributed by atoms with Crippen LogP contribution in [0.15, 0.2) is 36.4 Å². The van der Waals surface area contributed by atoms with E-state index in [2.05, 4.69) is 0 Å². The zero-order chi connectivity index (χ0) is 18.0. The molecule has 1 saturated heterocycles. The van der Waals surface area contributed by atoms with Crippen molar-refractivity contribution in [2.75, 3.05) is 13.7 Å². The number of hydrogen-bond donors (Lipinski definition) is 0. The second kappa shape index (κ2) is 7.17. The van der Waals surface area contributed by atoms with Crippen molar-refractivity contribution in [2.24, 2.45) is 0 Å². The maximum Gasteiger partial charge on any atom is 0.261 e. The van der Waals surface area contributed by atoms with Crippen LogP contribution in [0.25, 0.3) is 0 Å². The number of rotatable bonds is 3. The molecule has 25 heavy (non-hydrogen) atoms. The molecule has 0 aliphatic carbocycles. The van der Waals surface area contributed by atoms with Gasteiger partial charge >= 0.3 is 0 Å². The van der Waals surface area contributed by atoms with Crippen LogP contribution in [0.5, 0.6) is 5.75 Å². The van der Waals surface area contributed by atoms with Gasteiger partial charge in [-0.15, -0.1) is 0 Å². The normalized spacial score (nSPS) is 17.4. The van der Waals surface area contributed by atoms with Gasteiger partial charge in [-0.2, -0.15) is 0 Å². The van der Waals surface area contributed by atoms with E-state index < -0.39 is 23.1 Å². The largest absolute Gasteiger partial charge is 0.496 e. The first kappa shape index (κ1) is 17.3. The van der Waals surface area contributed by atoms with Crippen molar-refractivity contribution in [1.82, 2.24) is 4.90 Å². The third kappa shape index (κ3) is 3.34. The summed E-state index contributed by atoms with van der Waals surface area (Å²) in [5, 5.41) is 0. The quantitative estimate of drug-likeness (QED) is 0.818. The summed E-state index contributed by atoms with van der Waals surface area (Å²) in [6.07, 6.45) is 2.34. The first-order valence-electron chi connectivity index (χ1n) is 8.11. The Labute approximate surface area is 144 Å². The second-order valence-corrected chi connectivity index (χ2v) is 6.00. The van der Waals surface area contributed by atoms with Crippen LogP contribution < -0.4 is 4.74 Å². The van der Waals surface area contributed by atoms with E-state index >= 15 is 0 Å². The zero-order valence-electron chi connectivity index (χ0n) is 13.8. The van der Waals surface area contributed by atoms with Crippen LogP contribution in [0.3, 0.4) is 0 Å². The van der Waals surface area contributed by atoms with Crippen LogP contribution in [0.2, 0.25) is 0 Å². The third-order valence-electron chi connectivity index (χ3n) is 4.51. The molecular formula is C19H18F3NO2. The van der Waals surface area contributed by atoms with Crippen LogP contribution >= 0.6 is 0 Å². The highest BCUT2D eigenvalue weighted by Gasteiger charge is 2.32. The monoisotopic (exact) mass is 349 g/mol. The molecule has 3 rings (SSSR count). The van der Waals surface area contributed by atoms with Gasteiger partial charge < -0.3 is 9.64 Å². The van der Waals surface area contributed by atoms with Crippen molar-refractivity contribution in [2.45, 2.75) is 25.3 Å². The van der Waals surface area contributed by atoms with E-state index in [-0.39, 0.29) is 17.6 Å². The molecule has 0 spiro atoms. The average molecular weight is 349 g/mol. The summed E-state index contributed by atoms with van der Waals surface area (Å²) < 4.78 is 46.2. The molecule has 2 aromatic carbocycles. The zero-order valence-corrected chi connectivity index (χ0v) is 13.8. The minimum absolute atomic E-state index is 0.00710. The number of methoxy groups -OCH3 is 1. The molecule has 1 aliphatic rings. The highest BCUT2D eigenvalue weighted by atomic mass is 19.2. The minimum Gasteiger partial charge on any atom is -0.496 e.